The Morgan fingerprint density at radius 3 is 2.65 bits per heavy atom. The molecule has 0 fully saturated rings. The molecule has 1 aromatic heterocycles. The molecule has 1 aliphatic rings. The SMILES string of the molecule is CN1CCc2cc(F)c(Nc3nnc(C(N)=O)c(Nc4cccc(C(=O)N(C)C)c4)n3)cc2C1. The highest BCUT2D eigenvalue weighted by Crippen LogP contribution is 2.27. The number of hydrogen-bond acceptors (Lipinski definition) is 8. The predicted octanol–water partition coefficient (Wildman–Crippen LogP) is 2.29. The minimum Gasteiger partial charge on any atom is -0.364 e. The lowest BCUT2D eigenvalue weighted by Crippen LogP contribution is -2.26. The van der Waals surface area contributed by atoms with Crippen LogP contribution in [0.2, 0.25) is 0 Å². The molecule has 34 heavy (non-hydrogen) atoms. The number of primary amides is 1. The Bertz CT molecular complexity index is 1260. The Morgan fingerprint density at radius 1 is 1.12 bits per heavy atom. The van der Waals surface area contributed by atoms with E-state index in [1.54, 1.807) is 44.4 Å². The van der Waals surface area contributed by atoms with Crippen molar-refractivity contribution in [1.82, 2.24) is 25.0 Å². The number of benzene rings is 2. The summed E-state index contributed by atoms with van der Waals surface area (Å²) >= 11 is 0. The number of nitrogens with two attached hydrogens (primary N) is 1. The molecule has 0 atom stereocenters. The van der Waals surface area contributed by atoms with E-state index >= 15 is 0 Å². The van der Waals surface area contributed by atoms with Gasteiger partial charge >= 0.3 is 0 Å². The highest BCUT2D eigenvalue weighted by Gasteiger charge is 2.19. The zero-order valence-corrected chi connectivity index (χ0v) is 19.1. The van der Waals surface area contributed by atoms with Crippen LogP contribution in [-0.2, 0) is 13.0 Å². The van der Waals surface area contributed by atoms with Crippen LogP contribution in [0.25, 0.3) is 0 Å². The van der Waals surface area contributed by atoms with E-state index in [1.165, 1.54) is 11.0 Å². The van der Waals surface area contributed by atoms with Crippen molar-refractivity contribution in [2.24, 2.45) is 5.73 Å². The van der Waals surface area contributed by atoms with Gasteiger partial charge in [-0.25, -0.2) is 4.39 Å². The van der Waals surface area contributed by atoms with Crippen molar-refractivity contribution >= 4 is 35.0 Å². The number of aromatic nitrogens is 3. The van der Waals surface area contributed by atoms with Gasteiger partial charge in [0.15, 0.2) is 11.5 Å². The van der Waals surface area contributed by atoms with Crippen LogP contribution >= 0.6 is 0 Å². The summed E-state index contributed by atoms with van der Waals surface area (Å²) < 4.78 is 14.7. The minimum atomic E-state index is -0.836. The topological polar surface area (TPSA) is 129 Å². The number of likely N-dealkylation sites (N-methyl/N-ethyl adjacent to an activating group) is 1. The van der Waals surface area contributed by atoms with Gasteiger partial charge in [-0.3, -0.25) is 9.59 Å². The molecule has 176 valence electrons. The van der Waals surface area contributed by atoms with Gasteiger partial charge in [0.1, 0.15) is 5.82 Å². The summed E-state index contributed by atoms with van der Waals surface area (Å²) in [5.74, 6) is -1.45. The third kappa shape index (κ3) is 4.94. The number of anilines is 4. The molecule has 10 nitrogen and oxygen atoms in total. The molecule has 0 saturated heterocycles. The number of amides is 2. The van der Waals surface area contributed by atoms with Crippen molar-refractivity contribution in [1.29, 1.82) is 0 Å². The lowest BCUT2D eigenvalue weighted by Gasteiger charge is -2.25. The first-order chi connectivity index (χ1) is 16.2. The number of rotatable bonds is 6. The zero-order valence-electron chi connectivity index (χ0n) is 19.1. The monoisotopic (exact) mass is 464 g/mol. The average molecular weight is 465 g/mol. The quantitative estimate of drug-likeness (QED) is 0.507. The molecule has 0 saturated carbocycles. The number of carbonyl (C=O) groups is 2. The molecule has 2 amide bonds. The van der Waals surface area contributed by atoms with Crippen molar-refractivity contribution in [2.75, 3.05) is 38.3 Å². The Kier molecular flexibility index (Phi) is 6.37. The number of nitrogens with zero attached hydrogens (tertiary/aromatic N) is 5. The van der Waals surface area contributed by atoms with E-state index in [2.05, 4.69) is 30.7 Å². The maximum absolute atomic E-state index is 14.7. The van der Waals surface area contributed by atoms with Gasteiger partial charge in [-0.2, -0.15) is 4.98 Å². The molecule has 3 aromatic rings. The molecule has 0 spiro atoms. The molecule has 4 rings (SSSR count). The van der Waals surface area contributed by atoms with Gasteiger partial charge in [0.05, 0.1) is 5.69 Å². The van der Waals surface area contributed by atoms with E-state index in [0.29, 0.717) is 17.8 Å². The summed E-state index contributed by atoms with van der Waals surface area (Å²) in [5.41, 5.74) is 8.36. The van der Waals surface area contributed by atoms with Crippen molar-refractivity contribution in [3.05, 3.63) is 64.6 Å². The van der Waals surface area contributed by atoms with Crippen molar-refractivity contribution < 1.29 is 14.0 Å². The molecule has 0 aliphatic carbocycles. The van der Waals surface area contributed by atoms with Gasteiger partial charge in [0, 0.05) is 38.4 Å². The van der Waals surface area contributed by atoms with Crippen LogP contribution in [0.15, 0.2) is 36.4 Å². The highest BCUT2D eigenvalue weighted by molar-refractivity contribution is 5.97. The Labute approximate surface area is 196 Å². The van der Waals surface area contributed by atoms with E-state index in [-0.39, 0.29) is 29.1 Å². The lowest BCUT2D eigenvalue weighted by atomic mass is 9.99. The summed E-state index contributed by atoms with van der Waals surface area (Å²) in [4.78, 5) is 32.1. The first-order valence-corrected chi connectivity index (χ1v) is 10.6. The number of nitrogens with one attached hydrogen (secondary N) is 2. The van der Waals surface area contributed by atoms with E-state index in [9.17, 15) is 14.0 Å². The fraction of sp³-hybridized carbons (Fsp3) is 0.261. The van der Waals surface area contributed by atoms with Gasteiger partial charge in [0.2, 0.25) is 5.95 Å². The number of fused-ring (bicyclic) bond motifs is 1. The zero-order chi connectivity index (χ0) is 24.4. The second-order valence-electron chi connectivity index (χ2n) is 8.32. The average Bonchev–Trinajstić information content (AvgIpc) is 2.79. The van der Waals surface area contributed by atoms with Gasteiger partial charge in [-0.1, -0.05) is 6.07 Å². The maximum atomic E-state index is 14.7. The summed E-state index contributed by atoms with van der Waals surface area (Å²) in [6.45, 7) is 1.58. The van der Waals surface area contributed by atoms with Crippen LogP contribution in [0, 0.1) is 5.82 Å². The van der Waals surface area contributed by atoms with Gasteiger partial charge in [0.25, 0.3) is 11.8 Å². The second-order valence-corrected chi connectivity index (χ2v) is 8.32. The van der Waals surface area contributed by atoms with Crippen LogP contribution < -0.4 is 16.4 Å². The molecule has 2 heterocycles. The first kappa shape index (κ1) is 23.1. The fourth-order valence-corrected chi connectivity index (χ4v) is 3.69. The fourth-order valence-electron chi connectivity index (χ4n) is 3.69. The normalized spacial score (nSPS) is 13.2. The van der Waals surface area contributed by atoms with E-state index in [0.717, 1.165) is 24.1 Å². The first-order valence-electron chi connectivity index (χ1n) is 10.6. The summed E-state index contributed by atoms with van der Waals surface area (Å²) in [7, 11) is 5.31. The molecule has 0 bridgehead atoms. The summed E-state index contributed by atoms with van der Waals surface area (Å²) in [6.07, 6.45) is 0.776. The van der Waals surface area contributed by atoms with Crippen LogP contribution in [0.3, 0.4) is 0 Å². The largest absolute Gasteiger partial charge is 0.364 e. The molecule has 0 radical (unpaired) electrons. The van der Waals surface area contributed by atoms with Crippen molar-refractivity contribution in [2.45, 2.75) is 13.0 Å². The van der Waals surface area contributed by atoms with Crippen molar-refractivity contribution in [3.8, 4) is 0 Å². The van der Waals surface area contributed by atoms with Crippen LogP contribution in [-0.4, -0.2) is 64.5 Å². The maximum Gasteiger partial charge on any atom is 0.273 e. The molecule has 11 heteroatoms. The van der Waals surface area contributed by atoms with Crippen LogP contribution in [0.1, 0.15) is 32.0 Å². The minimum absolute atomic E-state index is 0.0176. The van der Waals surface area contributed by atoms with Crippen LogP contribution in [0.5, 0.6) is 0 Å². The molecule has 4 N–H and O–H groups in total. The lowest BCUT2D eigenvalue weighted by molar-refractivity contribution is 0.0827. The highest BCUT2D eigenvalue weighted by atomic mass is 19.1. The third-order valence-corrected chi connectivity index (χ3v) is 5.44. The molecular weight excluding hydrogens is 439 g/mol. The van der Waals surface area contributed by atoms with Crippen LogP contribution in [0.4, 0.5) is 27.5 Å². The molecule has 1 aliphatic heterocycles. The third-order valence-electron chi connectivity index (χ3n) is 5.44. The smallest absolute Gasteiger partial charge is 0.273 e. The number of carbonyl (C=O) groups excluding carboxylic acids is 2. The Morgan fingerprint density at radius 2 is 1.91 bits per heavy atom. The van der Waals surface area contributed by atoms with Gasteiger partial charge < -0.3 is 26.2 Å². The van der Waals surface area contributed by atoms with E-state index < -0.39 is 11.7 Å². The summed E-state index contributed by atoms with van der Waals surface area (Å²) in [6, 6.07) is 9.92. The van der Waals surface area contributed by atoms with Gasteiger partial charge in [-0.05, 0) is 54.9 Å². The van der Waals surface area contributed by atoms with E-state index in [4.69, 9.17) is 5.73 Å². The summed E-state index contributed by atoms with van der Waals surface area (Å²) in [5, 5.41) is 13.6. The molecule has 2 aromatic carbocycles. The van der Waals surface area contributed by atoms with Gasteiger partial charge in [-0.15, -0.1) is 10.2 Å². The van der Waals surface area contributed by atoms with E-state index in [1.807, 2.05) is 7.05 Å². The molecule has 0 unspecified atom stereocenters. The molecular formula is C23H25FN8O2. The standard InChI is InChI=1S/C23H25FN8O2/c1-31(2)22(34)14-5-4-6-16(9-14)26-21-19(20(25)33)29-30-23(28-21)27-18-11-15-12-32(3)8-7-13(15)10-17(18)24/h4-6,9-11H,7-8,12H2,1-3H3,(H2,25,33)(H2,26,27,28,30). The Hall–Kier alpha value is -4.12. The second kappa shape index (κ2) is 9.40. The Balaban J connectivity index is 1.64. The number of halogens is 1. The van der Waals surface area contributed by atoms with Crippen molar-refractivity contribution in [3.63, 3.8) is 0 Å². The predicted molar refractivity (Wildman–Crippen MR) is 126 cm³/mol. The number of hydrogen-bond donors (Lipinski definition) is 3.